The van der Waals surface area contributed by atoms with E-state index in [4.69, 9.17) is 5.11 Å². The van der Waals surface area contributed by atoms with E-state index in [-0.39, 0.29) is 29.0 Å². The fourth-order valence-electron chi connectivity index (χ4n) is 4.02. The van der Waals surface area contributed by atoms with Crippen LogP contribution in [-0.4, -0.2) is 28.1 Å². The van der Waals surface area contributed by atoms with Gasteiger partial charge < -0.3 is 15.5 Å². The molecule has 2 bridgehead atoms. The number of amides is 1. The smallest absolute Gasteiger partial charge is 0.337 e. The van der Waals surface area contributed by atoms with Gasteiger partial charge in [-0.05, 0) is 43.2 Å². The molecule has 6 heteroatoms. The van der Waals surface area contributed by atoms with Crippen LogP contribution in [0.1, 0.15) is 29.6 Å². The maximum atomic E-state index is 12.5. The summed E-state index contributed by atoms with van der Waals surface area (Å²) in [4.78, 5) is 35.2. The third kappa shape index (κ3) is 2.34. The molecule has 0 saturated heterocycles. The van der Waals surface area contributed by atoms with Crippen LogP contribution in [0.3, 0.4) is 0 Å². The van der Waals surface area contributed by atoms with Crippen LogP contribution in [0.15, 0.2) is 24.3 Å². The van der Waals surface area contributed by atoms with Crippen molar-refractivity contribution in [2.24, 2.45) is 23.7 Å². The number of carbonyl (C=O) groups is 3. The number of fused-ring (bicyclic) bond motifs is 2. The molecule has 0 heterocycles. The number of aromatic carboxylic acids is 1. The largest absolute Gasteiger partial charge is 0.481 e. The van der Waals surface area contributed by atoms with Crippen LogP contribution in [0.4, 0.5) is 5.69 Å². The molecule has 0 aromatic heterocycles. The molecule has 1 aromatic rings. The van der Waals surface area contributed by atoms with E-state index in [1.807, 2.05) is 0 Å². The predicted octanol–water partition coefficient (Wildman–Crippen LogP) is 2.07. The topological polar surface area (TPSA) is 104 Å². The van der Waals surface area contributed by atoms with Crippen molar-refractivity contribution in [1.29, 1.82) is 0 Å². The van der Waals surface area contributed by atoms with E-state index in [1.165, 1.54) is 12.1 Å². The molecule has 2 aliphatic carbocycles. The lowest BCUT2D eigenvalue weighted by atomic mass is 9.78. The molecule has 0 radical (unpaired) electrons. The van der Waals surface area contributed by atoms with Gasteiger partial charge in [0.05, 0.1) is 23.1 Å². The summed E-state index contributed by atoms with van der Waals surface area (Å²) < 4.78 is 0. The molecule has 0 aliphatic heterocycles. The number of anilines is 1. The third-order valence-corrected chi connectivity index (χ3v) is 4.92. The van der Waals surface area contributed by atoms with E-state index in [0.29, 0.717) is 0 Å². The molecule has 2 fully saturated rings. The molecule has 22 heavy (non-hydrogen) atoms. The van der Waals surface area contributed by atoms with Crippen molar-refractivity contribution < 1.29 is 24.6 Å². The number of hydrogen-bond acceptors (Lipinski definition) is 3. The Morgan fingerprint density at radius 3 is 2.27 bits per heavy atom. The molecule has 116 valence electrons. The maximum absolute atomic E-state index is 12.5. The minimum atomic E-state index is -1.13. The monoisotopic (exact) mass is 303 g/mol. The van der Waals surface area contributed by atoms with Crippen molar-refractivity contribution in [3.8, 4) is 0 Å². The predicted molar refractivity (Wildman–Crippen MR) is 77.5 cm³/mol. The summed E-state index contributed by atoms with van der Waals surface area (Å²) in [5, 5.41) is 21.2. The van der Waals surface area contributed by atoms with Gasteiger partial charge in [0.1, 0.15) is 0 Å². The summed E-state index contributed by atoms with van der Waals surface area (Å²) in [7, 11) is 0. The molecule has 1 aromatic carbocycles. The summed E-state index contributed by atoms with van der Waals surface area (Å²) in [6.07, 6.45) is 2.50. The lowest BCUT2D eigenvalue weighted by molar-refractivity contribution is -0.148. The first-order chi connectivity index (χ1) is 10.5. The Labute approximate surface area is 127 Å². The van der Waals surface area contributed by atoms with E-state index in [1.54, 1.807) is 12.1 Å². The first kappa shape index (κ1) is 14.6. The molecule has 2 saturated carbocycles. The van der Waals surface area contributed by atoms with Crippen LogP contribution in [0.5, 0.6) is 0 Å². The highest BCUT2D eigenvalue weighted by Gasteiger charge is 2.54. The number of rotatable bonds is 4. The van der Waals surface area contributed by atoms with Crippen molar-refractivity contribution in [2.75, 3.05) is 5.32 Å². The van der Waals surface area contributed by atoms with Gasteiger partial charge in [-0.2, -0.15) is 0 Å². The average Bonchev–Trinajstić information content (AvgIpc) is 3.08. The zero-order chi connectivity index (χ0) is 15.9. The minimum Gasteiger partial charge on any atom is -0.481 e. The summed E-state index contributed by atoms with van der Waals surface area (Å²) >= 11 is 0. The van der Waals surface area contributed by atoms with Crippen LogP contribution in [-0.2, 0) is 9.59 Å². The van der Waals surface area contributed by atoms with Gasteiger partial charge in [0.15, 0.2) is 0 Å². The lowest BCUT2D eigenvalue weighted by Gasteiger charge is -2.27. The Morgan fingerprint density at radius 1 is 1.00 bits per heavy atom. The minimum absolute atomic E-state index is 0.00545. The van der Waals surface area contributed by atoms with E-state index in [0.717, 1.165) is 19.3 Å². The van der Waals surface area contributed by atoms with Crippen LogP contribution in [0, 0.1) is 23.7 Å². The van der Waals surface area contributed by atoms with Gasteiger partial charge in [-0.25, -0.2) is 4.79 Å². The van der Waals surface area contributed by atoms with Gasteiger partial charge in [0.2, 0.25) is 5.91 Å². The molecule has 3 N–H and O–H groups in total. The van der Waals surface area contributed by atoms with Crippen LogP contribution >= 0.6 is 0 Å². The number of hydrogen-bond donors (Lipinski definition) is 3. The Hall–Kier alpha value is -2.37. The van der Waals surface area contributed by atoms with Gasteiger partial charge >= 0.3 is 11.9 Å². The number of carbonyl (C=O) groups excluding carboxylic acids is 1. The van der Waals surface area contributed by atoms with Crippen molar-refractivity contribution in [2.45, 2.75) is 19.3 Å². The molecule has 6 nitrogen and oxygen atoms in total. The molecule has 2 aliphatic rings. The first-order valence-electron chi connectivity index (χ1n) is 7.35. The van der Waals surface area contributed by atoms with Gasteiger partial charge in [0.25, 0.3) is 0 Å². The first-order valence-corrected chi connectivity index (χ1v) is 7.35. The highest BCUT2D eigenvalue weighted by Crippen LogP contribution is 2.52. The number of nitrogens with one attached hydrogen (secondary N) is 1. The van der Waals surface area contributed by atoms with Gasteiger partial charge in [-0.1, -0.05) is 12.1 Å². The standard InChI is InChI=1S/C16H17NO5/c18-14(17-11-4-2-1-3-10(11)15(19)20)12-8-5-6-9(7-8)13(12)16(21)22/h1-4,8-9,12-13H,5-7H2,(H,17,18)(H,19,20)(H,21,22)/t8-,9+,12-,13+/m1/s1. The van der Waals surface area contributed by atoms with E-state index >= 15 is 0 Å². The fraction of sp³-hybridized carbons (Fsp3) is 0.438. The zero-order valence-corrected chi connectivity index (χ0v) is 11.9. The van der Waals surface area contributed by atoms with Crippen molar-refractivity contribution in [3.63, 3.8) is 0 Å². The summed E-state index contributed by atoms with van der Waals surface area (Å²) in [6, 6.07) is 6.14. The van der Waals surface area contributed by atoms with Crippen molar-refractivity contribution >= 4 is 23.5 Å². The second kappa shape index (κ2) is 5.44. The number of para-hydroxylation sites is 1. The van der Waals surface area contributed by atoms with Gasteiger partial charge in [-0.15, -0.1) is 0 Å². The molecule has 4 atom stereocenters. The normalized spacial score (nSPS) is 29.3. The third-order valence-electron chi connectivity index (χ3n) is 4.92. The Bertz CT molecular complexity index is 641. The second-order valence-corrected chi connectivity index (χ2v) is 6.06. The van der Waals surface area contributed by atoms with Gasteiger partial charge in [0, 0.05) is 0 Å². The molecular weight excluding hydrogens is 286 g/mol. The zero-order valence-electron chi connectivity index (χ0n) is 11.9. The maximum Gasteiger partial charge on any atom is 0.337 e. The molecule has 0 unspecified atom stereocenters. The SMILES string of the molecule is O=C(O)c1ccccc1NC(=O)[C@@H]1[C@@H]2CC[C@@H](C2)[C@@H]1C(=O)O. The molecular formula is C16H17NO5. The van der Waals surface area contributed by atoms with E-state index in [2.05, 4.69) is 5.32 Å². The number of aliphatic carboxylic acids is 1. The van der Waals surface area contributed by atoms with Crippen molar-refractivity contribution in [1.82, 2.24) is 0 Å². The number of carboxylic acids is 2. The molecule has 3 rings (SSSR count). The highest BCUT2D eigenvalue weighted by molar-refractivity contribution is 6.02. The lowest BCUT2D eigenvalue weighted by Crippen LogP contribution is -2.38. The summed E-state index contributed by atoms with van der Waals surface area (Å²) in [5.41, 5.74) is 0.220. The van der Waals surface area contributed by atoms with E-state index < -0.39 is 23.8 Å². The molecule has 0 spiro atoms. The van der Waals surface area contributed by atoms with Crippen LogP contribution in [0.25, 0.3) is 0 Å². The highest BCUT2D eigenvalue weighted by atomic mass is 16.4. The van der Waals surface area contributed by atoms with E-state index in [9.17, 15) is 19.5 Å². The van der Waals surface area contributed by atoms with Crippen molar-refractivity contribution in [3.05, 3.63) is 29.8 Å². The van der Waals surface area contributed by atoms with Crippen LogP contribution in [0.2, 0.25) is 0 Å². The molecule has 1 amide bonds. The second-order valence-electron chi connectivity index (χ2n) is 6.06. The Balaban J connectivity index is 1.83. The number of benzene rings is 1. The summed E-state index contributed by atoms with van der Waals surface area (Å²) in [6.45, 7) is 0. The van der Waals surface area contributed by atoms with Crippen LogP contribution < -0.4 is 5.32 Å². The fourth-order valence-corrected chi connectivity index (χ4v) is 4.02. The quantitative estimate of drug-likeness (QED) is 0.790. The van der Waals surface area contributed by atoms with Gasteiger partial charge in [-0.3, -0.25) is 9.59 Å². The number of carboxylic acid groups (broad SMARTS) is 2. The Kier molecular flexibility index (Phi) is 3.60. The average molecular weight is 303 g/mol. The summed E-state index contributed by atoms with van der Waals surface area (Å²) in [5.74, 6) is -3.52. The Morgan fingerprint density at radius 2 is 1.64 bits per heavy atom.